The minimum atomic E-state index is -0.636. The molecule has 2 amide bonds. The van der Waals surface area contributed by atoms with Crippen molar-refractivity contribution in [2.75, 3.05) is 5.73 Å². The lowest BCUT2D eigenvalue weighted by atomic mass is 10.1. The van der Waals surface area contributed by atoms with Gasteiger partial charge in [0.2, 0.25) is 0 Å². The molecule has 18 heavy (non-hydrogen) atoms. The van der Waals surface area contributed by atoms with Gasteiger partial charge < -0.3 is 10.5 Å². The average molecular weight is 248 g/mol. The number of hydrogen-bond donors (Lipinski definition) is 1. The van der Waals surface area contributed by atoms with E-state index >= 15 is 0 Å². The molecule has 1 aromatic carbocycles. The smallest absolute Gasteiger partial charge is 0.417 e. The Morgan fingerprint density at radius 1 is 1.39 bits per heavy atom. The van der Waals surface area contributed by atoms with Crippen molar-refractivity contribution in [3.05, 3.63) is 29.3 Å². The molecule has 2 rings (SSSR count). The topological polar surface area (TPSA) is 72.6 Å². The lowest BCUT2D eigenvalue weighted by Gasteiger charge is -2.23. The van der Waals surface area contributed by atoms with E-state index in [2.05, 4.69) is 0 Å². The Hall–Kier alpha value is -2.04. The molecule has 0 aromatic heterocycles. The summed E-state index contributed by atoms with van der Waals surface area (Å²) in [5.41, 5.74) is 6.85. The molecular formula is C13H16N2O3. The number of carbonyl (C=O) groups excluding carboxylic acids is 2. The second-order valence-corrected chi connectivity index (χ2v) is 5.24. The summed E-state index contributed by atoms with van der Waals surface area (Å²) in [6, 6.07) is 5.08. The summed E-state index contributed by atoms with van der Waals surface area (Å²) in [4.78, 5) is 25.0. The van der Waals surface area contributed by atoms with Gasteiger partial charge in [-0.2, -0.15) is 0 Å². The van der Waals surface area contributed by atoms with E-state index in [0.29, 0.717) is 16.8 Å². The molecular weight excluding hydrogens is 232 g/mol. The average Bonchev–Trinajstić information content (AvgIpc) is 2.56. The lowest BCUT2D eigenvalue weighted by Crippen LogP contribution is -2.36. The molecule has 5 heteroatoms. The van der Waals surface area contributed by atoms with Crippen molar-refractivity contribution in [2.45, 2.75) is 32.9 Å². The minimum Gasteiger partial charge on any atom is -0.443 e. The van der Waals surface area contributed by atoms with Gasteiger partial charge in [0.15, 0.2) is 0 Å². The van der Waals surface area contributed by atoms with Gasteiger partial charge in [-0.05, 0) is 32.9 Å². The van der Waals surface area contributed by atoms with Crippen LogP contribution in [0.2, 0.25) is 0 Å². The monoisotopic (exact) mass is 248 g/mol. The number of nitrogens with two attached hydrogens (primary N) is 1. The zero-order valence-corrected chi connectivity index (χ0v) is 10.7. The molecule has 0 unspecified atom stereocenters. The Kier molecular flexibility index (Phi) is 2.77. The predicted octanol–water partition coefficient (Wildman–Crippen LogP) is 2.16. The van der Waals surface area contributed by atoms with Gasteiger partial charge in [0.1, 0.15) is 5.60 Å². The van der Waals surface area contributed by atoms with E-state index in [1.807, 2.05) is 0 Å². The van der Waals surface area contributed by atoms with Crippen LogP contribution in [0.4, 0.5) is 10.5 Å². The zero-order chi connectivity index (χ0) is 13.5. The second kappa shape index (κ2) is 4.01. The number of nitrogen functional groups attached to an aromatic ring is 1. The highest BCUT2D eigenvalue weighted by Crippen LogP contribution is 2.28. The molecule has 0 spiro atoms. The van der Waals surface area contributed by atoms with Gasteiger partial charge in [0.05, 0.1) is 6.54 Å². The Labute approximate surface area is 106 Å². The molecule has 96 valence electrons. The van der Waals surface area contributed by atoms with Gasteiger partial charge in [-0.25, -0.2) is 9.69 Å². The third kappa shape index (κ3) is 2.16. The molecule has 1 heterocycles. The van der Waals surface area contributed by atoms with Gasteiger partial charge in [-0.15, -0.1) is 0 Å². The third-order valence-electron chi connectivity index (χ3n) is 2.62. The molecule has 1 aliphatic heterocycles. The van der Waals surface area contributed by atoms with Crippen molar-refractivity contribution in [3.8, 4) is 0 Å². The van der Waals surface area contributed by atoms with Crippen LogP contribution in [0.1, 0.15) is 36.7 Å². The number of ether oxygens (including phenoxy) is 1. The maximum atomic E-state index is 12.0. The van der Waals surface area contributed by atoms with Gasteiger partial charge >= 0.3 is 6.09 Å². The van der Waals surface area contributed by atoms with E-state index < -0.39 is 11.7 Å². The van der Waals surface area contributed by atoms with E-state index in [9.17, 15) is 9.59 Å². The van der Waals surface area contributed by atoms with Crippen LogP contribution in [0.15, 0.2) is 18.2 Å². The number of rotatable bonds is 0. The van der Waals surface area contributed by atoms with Gasteiger partial charge in [-0.3, -0.25) is 4.79 Å². The number of imide groups is 1. The predicted molar refractivity (Wildman–Crippen MR) is 67.0 cm³/mol. The van der Waals surface area contributed by atoms with Crippen molar-refractivity contribution in [3.63, 3.8) is 0 Å². The standard InChI is InChI=1S/C13H16N2O3/c1-13(2,3)18-12(17)15-7-9-8(11(15)16)5-4-6-10(9)14/h4-6H,7,14H2,1-3H3. The molecule has 0 saturated carbocycles. The van der Waals surface area contributed by atoms with Crippen LogP contribution in [-0.4, -0.2) is 22.5 Å². The van der Waals surface area contributed by atoms with Crippen LogP contribution < -0.4 is 5.73 Å². The number of anilines is 1. The molecule has 0 radical (unpaired) electrons. The third-order valence-corrected chi connectivity index (χ3v) is 2.62. The molecule has 0 aliphatic carbocycles. The molecule has 5 nitrogen and oxygen atoms in total. The van der Waals surface area contributed by atoms with E-state index in [4.69, 9.17) is 10.5 Å². The number of hydrogen-bond acceptors (Lipinski definition) is 4. The fourth-order valence-corrected chi connectivity index (χ4v) is 1.82. The van der Waals surface area contributed by atoms with Crippen LogP contribution in [0.25, 0.3) is 0 Å². The molecule has 2 N–H and O–H groups in total. The highest BCUT2D eigenvalue weighted by molar-refractivity contribution is 6.07. The van der Waals surface area contributed by atoms with Gasteiger partial charge in [0.25, 0.3) is 5.91 Å². The first-order chi connectivity index (χ1) is 8.29. The van der Waals surface area contributed by atoms with Crippen LogP contribution in [-0.2, 0) is 11.3 Å². The normalized spacial score (nSPS) is 14.6. The second-order valence-electron chi connectivity index (χ2n) is 5.24. The van der Waals surface area contributed by atoms with Crippen molar-refractivity contribution in [2.24, 2.45) is 0 Å². The van der Waals surface area contributed by atoms with Crippen molar-refractivity contribution >= 4 is 17.7 Å². The summed E-state index contributed by atoms with van der Waals surface area (Å²) in [6.07, 6.45) is -0.636. The molecule has 0 bridgehead atoms. The maximum absolute atomic E-state index is 12.0. The van der Waals surface area contributed by atoms with Crippen molar-refractivity contribution in [1.29, 1.82) is 0 Å². The first-order valence-corrected chi connectivity index (χ1v) is 5.72. The fraction of sp³-hybridized carbons (Fsp3) is 0.385. The highest BCUT2D eigenvalue weighted by atomic mass is 16.6. The van der Waals surface area contributed by atoms with Crippen molar-refractivity contribution < 1.29 is 14.3 Å². The number of carbonyl (C=O) groups is 2. The highest BCUT2D eigenvalue weighted by Gasteiger charge is 2.35. The van der Waals surface area contributed by atoms with Crippen LogP contribution >= 0.6 is 0 Å². The van der Waals surface area contributed by atoms with Crippen LogP contribution in [0, 0.1) is 0 Å². The lowest BCUT2D eigenvalue weighted by molar-refractivity contribution is 0.0248. The number of fused-ring (bicyclic) bond motifs is 1. The summed E-state index contributed by atoms with van der Waals surface area (Å²) in [6.45, 7) is 5.45. The number of amides is 2. The van der Waals surface area contributed by atoms with Crippen molar-refractivity contribution in [1.82, 2.24) is 4.90 Å². The molecule has 0 fully saturated rings. The summed E-state index contributed by atoms with van der Waals surface area (Å²) >= 11 is 0. The zero-order valence-electron chi connectivity index (χ0n) is 10.7. The van der Waals surface area contributed by atoms with E-state index in [0.717, 1.165) is 4.90 Å². The molecule has 1 aliphatic rings. The first-order valence-electron chi connectivity index (χ1n) is 5.72. The Balaban J connectivity index is 2.24. The summed E-state index contributed by atoms with van der Waals surface area (Å²) in [5, 5.41) is 0. The number of nitrogens with zero attached hydrogens (tertiary/aromatic N) is 1. The Bertz CT molecular complexity index is 517. The van der Waals surface area contributed by atoms with E-state index in [-0.39, 0.29) is 12.5 Å². The summed E-state index contributed by atoms with van der Waals surface area (Å²) in [7, 11) is 0. The molecule has 0 atom stereocenters. The summed E-state index contributed by atoms with van der Waals surface area (Å²) < 4.78 is 5.19. The van der Waals surface area contributed by atoms with E-state index in [1.54, 1.807) is 39.0 Å². The van der Waals surface area contributed by atoms with E-state index in [1.165, 1.54) is 0 Å². The molecule has 0 saturated heterocycles. The van der Waals surface area contributed by atoms with Crippen LogP contribution in [0.3, 0.4) is 0 Å². The SMILES string of the molecule is CC(C)(C)OC(=O)N1Cc2c(N)cccc2C1=O. The largest absolute Gasteiger partial charge is 0.443 e. The maximum Gasteiger partial charge on any atom is 0.417 e. The Morgan fingerprint density at radius 3 is 2.61 bits per heavy atom. The molecule has 1 aromatic rings. The first kappa shape index (κ1) is 12.4. The number of benzene rings is 1. The quantitative estimate of drug-likeness (QED) is 0.714. The van der Waals surface area contributed by atoms with Crippen LogP contribution in [0.5, 0.6) is 0 Å². The Morgan fingerprint density at radius 2 is 2.06 bits per heavy atom. The minimum absolute atomic E-state index is 0.176. The van der Waals surface area contributed by atoms with Gasteiger partial charge in [0, 0.05) is 16.8 Å². The summed E-state index contributed by atoms with van der Waals surface area (Å²) in [5.74, 6) is -0.355. The van der Waals surface area contributed by atoms with Gasteiger partial charge in [-0.1, -0.05) is 6.07 Å². The fourth-order valence-electron chi connectivity index (χ4n) is 1.82.